The SMILES string of the molecule is CCc1ccccc1OCCSc1nc(-c2ccccc2C)nc2cc(=O)[nH]n12. The molecule has 2 aromatic carbocycles. The van der Waals surface area contributed by atoms with Gasteiger partial charge < -0.3 is 4.74 Å². The largest absolute Gasteiger partial charge is 0.492 e. The molecule has 6 nitrogen and oxygen atoms in total. The van der Waals surface area contributed by atoms with Crippen molar-refractivity contribution >= 4 is 17.4 Å². The van der Waals surface area contributed by atoms with Gasteiger partial charge in [-0.25, -0.2) is 14.5 Å². The number of rotatable bonds is 7. The molecule has 0 radical (unpaired) electrons. The average Bonchev–Trinajstić information content (AvgIpc) is 3.12. The molecule has 0 atom stereocenters. The second-order valence-electron chi connectivity index (χ2n) is 6.62. The van der Waals surface area contributed by atoms with Gasteiger partial charge in [0.15, 0.2) is 16.6 Å². The van der Waals surface area contributed by atoms with Gasteiger partial charge in [-0.2, -0.15) is 0 Å². The summed E-state index contributed by atoms with van der Waals surface area (Å²) in [7, 11) is 0. The van der Waals surface area contributed by atoms with E-state index in [-0.39, 0.29) is 5.56 Å². The molecule has 0 unspecified atom stereocenters. The maximum atomic E-state index is 11.9. The fourth-order valence-electron chi connectivity index (χ4n) is 3.15. The molecular weight excluding hydrogens is 384 g/mol. The molecule has 0 aliphatic heterocycles. The highest BCUT2D eigenvalue weighted by molar-refractivity contribution is 7.99. The summed E-state index contributed by atoms with van der Waals surface area (Å²) in [6.07, 6.45) is 0.931. The first-order valence-corrected chi connectivity index (χ1v) is 10.5. The molecular formula is C22H22N4O2S. The molecule has 0 fully saturated rings. The van der Waals surface area contributed by atoms with Crippen molar-refractivity contribution in [1.29, 1.82) is 0 Å². The van der Waals surface area contributed by atoms with Gasteiger partial charge in [0.05, 0.1) is 6.61 Å². The molecule has 0 saturated heterocycles. The summed E-state index contributed by atoms with van der Waals surface area (Å²) in [5.41, 5.74) is 3.60. The Hall–Kier alpha value is -3.06. The first kappa shape index (κ1) is 19.3. The number of para-hydroxylation sites is 1. The molecule has 0 aliphatic rings. The number of ether oxygens (including phenoxy) is 1. The van der Waals surface area contributed by atoms with Crippen LogP contribution in [0.2, 0.25) is 0 Å². The lowest BCUT2D eigenvalue weighted by Crippen LogP contribution is -2.07. The number of hydrogen-bond acceptors (Lipinski definition) is 5. The number of fused-ring (bicyclic) bond motifs is 1. The highest BCUT2D eigenvalue weighted by atomic mass is 32.2. The Morgan fingerprint density at radius 2 is 1.90 bits per heavy atom. The Morgan fingerprint density at radius 3 is 2.72 bits per heavy atom. The zero-order valence-corrected chi connectivity index (χ0v) is 17.2. The number of hydrogen-bond donors (Lipinski definition) is 1. The highest BCUT2D eigenvalue weighted by Gasteiger charge is 2.13. The highest BCUT2D eigenvalue weighted by Crippen LogP contribution is 2.24. The van der Waals surface area contributed by atoms with Crippen LogP contribution in [0.5, 0.6) is 5.75 Å². The van der Waals surface area contributed by atoms with Crippen LogP contribution in [0.3, 0.4) is 0 Å². The van der Waals surface area contributed by atoms with Gasteiger partial charge in [0.2, 0.25) is 0 Å². The van der Waals surface area contributed by atoms with Crippen molar-refractivity contribution < 1.29 is 4.74 Å². The van der Waals surface area contributed by atoms with Crippen LogP contribution >= 0.6 is 11.8 Å². The second kappa shape index (κ2) is 8.53. The number of aryl methyl sites for hydroxylation is 2. The van der Waals surface area contributed by atoms with Crippen LogP contribution in [-0.4, -0.2) is 31.9 Å². The van der Waals surface area contributed by atoms with E-state index in [2.05, 4.69) is 23.1 Å². The molecule has 29 heavy (non-hydrogen) atoms. The number of aromatic nitrogens is 4. The Bertz CT molecular complexity index is 1200. The lowest BCUT2D eigenvalue weighted by atomic mass is 10.1. The van der Waals surface area contributed by atoms with Gasteiger partial charge in [0.25, 0.3) is 5.56 Å². The molecule has 0 aliphatic carbocycles. The van der Waals surface area contributed by atoms with Gasteiger partial charge in [0, 0.05) is 17.4 Å². The Labute approximate surface area is 173 Å². The van der Waals surface area contributed by atoms with Gasteiger partial charge >= 0.3 is 0 Å². The third-order valence-corrected chi connectivity index (χ3v) is 5.54. The van der Waals surface area contributed by atoms with Gasteiger partial charge in [-0.05, 0) is 30.5 Å². The predicted octanol–water partition coefficient (Wildman–Crippen LogP) is 4.13. The number of benzene rings is 2. The molecule has 0 amide bonds. The van der Waals surface area contributed by atoms with E-state index in [4.69, 9.17) is 9.72 Å². The zero-order chi connectivity index (χ0) is 20.2. The summed E-state index contributed by atoms with van der Waals surface area (Å²) in [5, 5.41) is 3.45. The van der Waals surface area contributed by atoms with Crippen molar-refractivity contribution in [2.75, 3.05) is 12.4 Å². The maximum absolute atomic E-state index is 11.9. The number of aromatic amines is 1. The molecule has 2 heterocycles. The molecule has 4 aromatic rings. The van der Waals surface area contributed by atoms with Crippen LogP contribution in [0.4, 0.5) is 0 Å². The number of nitrogens with one attached hydrogen (secondary N) is 1. The molecule has 0 saturated carbocycles. The second-order valence-corrected chi connectivity index (χ2v) is 7.68. The van der Waals surface area contributed by atoms with Crippen LogP contribution in [0.1, 0.15) is 18.1 Å². The molecule has 2 aromatic heterocycles. The monoisotopic (exact) mass is 406 g/mol. The van der Waals surface area contributed by atoms with E-state index < -0.39 is 0 Å². The Morgan fingerprint density at radius 1 is 1.10 bits per heavy atom. The molecule has 148 valence electrons. The molecule has 7 heteroatoms. The summed E-state index contributed by atoms with van der Waals surface area (Å²) >= 11 is 1.53. The van der Waals surface area contributed by atoms with Crippen molar-refractivity contribution in [1.82, 2.24) is 19.6 Å². The zero-order valence-electron chi connectivity index (χ0n) is 16.4. The summed E-state index contributed by atoms with van der Waals surface area (Å²) < 4.78 is 7.59. The van der Waals surface area contributed by atoms with Gasteiger partial charge in [-0.1, -0.05) is 61.2 Å². The maximum Gasteiger partial charge on any atom is 0.266 e. The minimum absolute atomic E-state index is 0.198. The predicted molar refractivity (Wildman–Crippen MR) is 116 cm³/mol. The van der Waals surface area contributed by atoms with Gasteiger partial charge in [-0.3, -0.25) is 9.89 Å². The van der Waals surface area contributed by atoms with Crippen LogP contribution in [0.25, 0.3) is 17.0 Å². The van der Waals surface area contributed by atoms with E-state index in [1.165, 1.54) is 23.4 Å². The van der Waals surface area contributed by atoms with Crippen LogP contribution in [0.15, 0.2) is 64.5 Å². The van der Waals surface area contributed by atoms with Crippen LogP contribution < -0.4 is 10.3 Å². The first-order chi connectivity index (χ1) is 14.2. The van der Waals surface area contributed by atoms with Crippen molar-refractivity contribution in [2.45, 2.75) is 25.4 Å². The van der Waals surface area contributed by atoms with Crippen molar-refractivity contribution in [2.24, 2.45) is 0 Å². The minimum Gasteiger partial charge on any atom is -0.492 e. The number of H-pyrrole nitrogens is 1. The van der Waals surface area contributed by atoms with Gasteiger partial charge in [-0.15, -0.1) is 0 Å². The third-order valence-electron chi connectivity index (χ3n) is 4.64. The fraction of sp³-hybridized carbons (Fsp3) is 0.227. The minimum atomic E-state index is -0.198. The number of thioether (sulfide) groups is 1. The smallest absolute Gasteiger partial charge is 0.266 e. The lowest BCUT2D eigenvalue weighted by Gasteiger charge is -2.11. The van der Waals surface area contributed by atoms with Crippen LogP contribution in [0, 0.1) is 6.92 Å². The summed E-state index contributed by atoms with van der Waals surface area (Å²) in [4.78, 5) is 21.1. The average molecular weight is 407 g/mol. The van der Waals surface area contributed by atoms with E-state index in [9.17, 15) is 4.79 Å². The fourth-order valence-corrected chi connectivity index (χ4v) is 3.91. The van der Waals surface area contributed by atoms with Crippen LogP contribution in [-0.2, 0) is 6.42 Å². The normalized spacial score (nSPS) is 11.1. The molecule has 0 bridgehead atoms. The Kier molecular flexibility index (Phi) is 5.67. The summed E-state index contributed by atoms with van der Waals surface area (Å²) in [6.45, 7) is 4.68. The quantitative estimate of drug-likeness (QED) is 0.369. The third kappa shape index (κ3) is 4.19. The van der Waals surface area contributed by atoms with E-state index in [0.29, 0.717) is 29.0 Å². The van der Waals surface area contributed by atoms with E-state index >= 15 is 0 Å². The first-order valence-electron chi connectivity index (χ1n) is 9.55. The molecule has 1 N–H and O–H groups in total. The summed E-state index contributed by atoms with van der Waals surface area (Å²) in [6, 6.07) is 17.5. The van der Waals surface area contributed by atoms with Crippen molar-refractivity contribution in [3.63, 3.8) is 0 Å². The van der Waals surface area contributed by atoms with E-state index in [1.807, 2.05) is 49.4 Å². The van der Waals surface area contributed by atoms with Crippen molar-refractivity contribution in [3.05, 3.63) is 76.1 Å². The molecule has 4 rings (SSSR count). The summed E-state index contributed by atoms with van der Waals surface area (Å²) in [5.74, 6) is 2.22. The molecule has 0 spiro atoms. The van der Waals surface area contributed by atoms with Crippen molar-refractivity contribution in [3.8, 4) is 17.1 Å². The Balaban J connectivity index is 1.56. The van der Waals surface area contributed by atoms with Gasteiger partial charge in [0.1, 0.15) is 5.75 Å². The topological polar surface area (TPSA) is 72.3 Å². The number of nitrogens with zero attached hydrogens (tertiary/aromatic N) is 3. The van der Waals surface area contributed by atoms with E-state index in [0.717, 1.165) is 23.3 Å². The lowest BCUT2D eigenvalue weighted by molar-refractivity contribution is 0.340. The van der Waals surface area contributed by atoms with E-state index in [1.54, 1.807) is 4.52 Å². The standard InChI is InChI=1S/C22H22N4O2S/c1-3-16-9-5-7-11-18(16)28-12-13-29-22-24-21(17-10-6-4-8-15(17)2)23-19-14-20(27)25-26(19)22/h4-11,14H,3,12-13H2,1-2H3,(H,25,27).